The van der Waals surface area contributed by atoms with Gasteiger partial charge >= 0.3 is 0 Å². The Hall–Kier alpha value is -3.35. The minimum atomic E-state index is -0.521. The fraction of sp³-hybridized carbons (Fsp3) is 0.250. The van der Waals surface area contributed by atoms with E-state index < -0.39 is 11.5 Å². The van der Waals surface area contributed by atoms with Gasteiger partial charge in [0, 0.05) is 17.5 Å². The van der Waals surface area contributed by atoms with Crippen molar-refractivity contribution in [3.63, 3.8) is 0 Å². The summed E-state index contributed by atoms with van der Waals surface area (Å²) in [6, 6.07) is 14.8. The molecule has 2 aromatic carbocycles. The molecule has 1 amide bonds. The standard InChI is InChI=1S/C20H22N4O3/c1-20(2)11-16(24-26-12-13-6-4-3-5-7-13)15-10-14(8-9-17(15)27-20)18(25)23-19(21)22/h3-10H,11-12H2,1-2H3,(H4,21,22,23,25). The molecule has 3 rings (SSSR count). The van der Waals surface area contributed by atoms with Gasteiger partial charge in [0.15, 0.2) is 5.96 Å². The van der Waals surface area contributed by atoms with Crippen molar-refractivity contribution in [2.75, 3.05) is 0 Å². The number of oxime groups is 1. The molecule has 1 heterocycles. The molecule has 1 aliphatic heterocycles. The summed E-state index contributed by atoms with van der Waals surface area (Å²) < 4.78 is 6.00. The quantitative estimate of drug-likeness (QED) is 0.491. The van der Waals surface area contributed by atoms with Crippen molar-refractivity contribution in [1.82, 2.24) is 0 Å². The Labute approximate surface area is 157 Å². The van der Waals surface area contributed by atoms with Gasteiger partial charge in [-0.05, 0) is 37.6 Å². The number of rotatable bonds is 4. The van der Waals surface area contributed by atoms with Crippen LogP contribution in [0, 0.1) is 0 Å². The molecule has 7 heteroatoms. The summed E-state index contributed by atoms with van der Waals surface area (Å²) in [5.74, 6) is -0.170. The first-order valence-corrected chi connectivity index (χ1v) is 8.54. The van der Waals surface area contributed by atoms with Crippen molar-refractivity contribution < 1.29 is 14.4 Å². The zero-order valence-corrected chi connectivity index (χ0v) is 15.3. The molecule has 0 spiro atoms. The third kappa shape index (κ3) is 4.63. The number of guanidine groups is 1. The predicted octanol–water partition coefficient (Wildman–Crippen LogP) is 2.58. The monoisotopic (exact) mass is 366 g/mol. The van der Waals surface area contributed by atoms with Crippen LogP contribution in [0.15, 0.2) is 58.7 Å². The molecule has 0 fully saturated rings. The Kier molecular flexibility index (Phi) is 5.12. The van der Waals surface area contributed by atoms with Crippen molar-refractivity contribution in [2.24, 2.45) is 21.6 Å². The molecule has 4 N–H and O–H groups in total. The fourth-order valence-corrected chi connectivity index (χ4v) is 2.83. The molecule has 0 aliphatic carbocycles. The van der Waals surface area contributed by atoms with Crippen molar-refractivity contribution >= 4 is 17.6 Å². The highest BCUT2D eigenvalue weighted by Crippen LogP contribution is 2.34. The number of amides is 1. The van der Waals surface area contributed by atoms with Crippen LogP contribution < -0.4 is 16.2 Å². The average Bonchev–Trinajstić information content (AvgIpc) is 2.61. The van der Waals surface area contributed by atoms with Gasteiger partial charge in [-0.3, -0.25) is 4.79 Å². The van der Waals surface area contributed by atoms with Gasteiger partial charge in [0.2, 0.25) is 0 Å². The summed E-state index contributed by atoms with van der Waals surface area (Å²) in [4.78, 5) is 21.2. The molecule has 0 aromatic heterocycles. The average molecular weight is 366 g/mol. The zero-order valence-electron chi connectivity index (χ0n) is 15.3. The summed E-state index contributed by atoms with van der Waals surface area (Å²) in [5.41, 5.74) is 12.9. The SMILES string of the molecule is CC1(C)CC(=NOCc2ccccc2)c2cc(C(=O)N=C(N)N)ccc2O1. The Balaban J connectivity index is 1.89. The number of aliphatic imine (C=N–C) groups is 1. The summed E-state index contributed by atoms with van der Waals surface area (Å²) in [6.07, 6.45) is 0.536. The van der Waals surface area contributed by atoms with Crippen LogP contribution >= 0.6 is 0 Å². The van der Waals surface area contributed by atoms with Gasteiger partial charge in [-0.25, -0.2) is 0 Å². The van der Waals surface area contributed by atoms with Crippen LogP contribution in [0.3, 0.4) is 0 Å². The summed E-state index contributed by atoms with van der Waals surface area (Å²) in [5, 5.41) is 4.32. The van der Waals surface area contributed by atoms with E-state index in [-0.39, 0.29) is 5.96 Å². The normalized spacial score (nSPS) is 16.1. The number of hydrogen-bond donors (Lipinski definition) is 2. The third-order valence-electron chi connectivity index (χ3n) is 4.00. The Bertz CT molecular complexity index is 901. The number of carbonyl (C=O) groups excluding carboxylic acids is 1. The van der Waals surface area contributed by atoms with E-state index in [4.69, 9.17) is 21.0 Å². The molecule has 2 aromatic rings. The van der Waals surface area contributed by atoms with Gasteiger partial charge < -0.3 is 21.0 Å². The molecular formula is C20H22N4O3. The van der Waals surface area contributed by atoms with Crippen LogP contribution in [-0.4, -0.2) is 23.2 Å². The van der Waals surface area contributed by atoms with Crippen molar-refractivity contribution in [3.05, 3.63) is 65.2 Å². The number of carbonyl (C=O) groups is 1. The van der Waals surface area contributed by atoms with Crippen LogP contribution in [0.2, 0.25) is 0 Å². The lowest BCUT2D eigenvalue weighted by atomic mass is 9.91. The van der Waals surface area contributed by atoms with E-state index in [2.05, 4.69) is 10.1 Å². The second kappa shape index (κ2) is 7.49. The minimum Gasteiger partial charge on any atom is -0.487 e. The topological polar surface area (TPSA) is 112 Å². The lowest BCUT2D eigenvalue weighted by Crippen LogP contribution is -2.36. The van der Waals surface area contributed by atoms with Gasteiger partial charge in [-0.1, -0.05) is 35.5 Å². The van der Waals surface area contributed by atoms with Crippen molar-refractivity contribution in [1.29, 1.82) is 0 Å². The lowest BCUT2D eigenvalue weighted by Gasteiger charge is -2.33. The molecule has 0 saturated heterocycles. The van der Waals surface area contributed by atoms with E-state index in [1.807, 2.05) is 44.2 Å². The second-order valence-electron chi connectivity index (χ2n) is 6.89. The second-order valence-corrected chi connectivity index (χ2v) is 6.89. The Morgan fingerprint density at radius 1 is 1.19 bits per heavy atom. The first-order chi connectivity index (χ1) is 12.8. The molecular weight excluding hydrogens is 344 g/mol. The molecule has 27 heavy (non-hydrogen) atoms. The first kappa shape index (κ1) is 18.4. The highest BCUT2D eigenvalue weighted by Gasteiger charge is 2.32. The molecule has 0 bridgehead atoms. The summed E-state index contributed by atoms with van der Waals surface area (Å²) in [6.45, 7) is 4.30. The van der Waals surface area contributed by atoms with Gasteiger partial charge in [-0.15, -0.1) is 0 Å². The molecule has 140 valence electrons. The highest BCUT2D eigenvalue weighted by molar-refractivity contribution is 6.08. The number of nitrogens with zero attached hydrogens (tertiary/aromatic N) is 2. The maximum absolute atomic E-state index is 12.1. The van der Waals surface area contributed by atoms with E-state index in [0.29, 0.717) is 35.6 Å². The van der Waals surface area contributed by atoms with Crippen LogP contribution in [-0.2, 0) is 11.4 Å². The van der Waals surface area contributed by atoms with Gasteiger partial charge in [0.25, 0.3) is 5.91 Å². The molecule has 1 aliphatic rings. The third-order valence-corrected chi connectivity index (χ3v) is 4.00. The predicted molar refractivity (Wildman–Crippen MR) is 104 cm³/mol. The zero-order chi connectivity index (χ0) is 19.4. The molecule has 7 nitrogen and oxygen atoms in total. The lowest BCUT2D eigenvalue weighted by molar-refractivity contribution is 0.0995. The largest absolute Gasteiger partial charge is 0.487 e. The van der Waals surface area contributed by atoms with Gasteiger partial charge in [0.05, 0.1) is 5.71 Å². The van der Waals surface area contributed by atoms with E-state index in [1.165, 1.54) is 0 Å². The van der Waals surface area contributed by atoms with Crippen molar-refractivity contribution in [3.8, 4) is 5.75 Å². The maximum Gasteiger partial charge on any atom is 0.280 e. The fourth-order valence-electron chi connectivity index (χ4n) is 2.83. The number of ether oxygens (including phenoxy) is 1. The summed E-state index contributed by atoms with van der Waals surface area (Å²) in [7, 11) is 0. The number of fused-ring (bicyclic) bond motifs is 1. The number of benzene rings is 2. The number of hydrogen-bond acceptors (Lipinski definition) is 4. The first-order valence-electron chi connectivity index (χ1n) is 8.54. The number of nitrogens with two attached hydrogens (primary N) is 2. The highest BCUT2D eigenvalue weighted by atomic mass is 16.6. The van der Waals surface area contributed by atoms with E-state index >= 15 is 0 Å². The smallest absolute Gasteiger partial charge is 0.280 e. The molecule has 0 radical (unpaired) electrons. The minimum absolute atomic E-state index is 0.282. The van der Waals surface area contributed by atoms with Gasteiger partial charge in [-0.2, -0.15) is 4.99 Å². The Morgan fingerprint density at radius 3 is 2.63 bits per heavy atom. The summed E-state index contributed by atoms with van der Waals surface area (Å²) >= 11 is 0. The van der Waals surface area contributed by atoms with E-state index in [1.54, 1.807) is 18.2 Å². The van der Waals surface area contributed by atoms with Crippen molar-refractivity contribution in [2.45, 2.75) is 32.5 Å². The van der Waals surface area contributed by atoms with E-state index in [0.717, 1.165) is 5.56 Å². The molecule has 0 unspecified atom stereocenters. The van der Waals surface area contributed by atoms with Crippen LogP contribution in [0.25, 0.3) is 0 Å². The van der Waals surface area contributed by atoms with Crippen LogP contribution in [0.1, 0.15) is 41.8 Å². The molecule has 0 saturated carbocycles. The Morgan fingerprint density at radius 2 is 1.93 bits per heavy atom. The molecule has 0 atom stereocenters. The van der Waals surface area contributed by atoms with E-state index in [9.17, 15) is 4.79 Å². The van der Waals surface area contributed by atoms with Crippen LogP contribution in [0.4, 0.5) is 0 Å². The van der Waals surface area contributed by atoms with Gasteiger partial charge in [0.1, 0.15) is 18.0 Å². The maximum atomic E-state index is 12.1. The van der Waals surface area contributed by atoms with Crippen LogP contribution in [0.5, 0.6) is 5.75 Å².